The Morgan fingerprint density at radius 2 is 2.42 bits per heavy atom. The molecule has 0 N–H and O–H groups in total. The molecule has 5 nitrogen and oxygen atoms in total. The van der Waals surface area contributed by atoms with E-state index in [1.54, 1.807) is 22.8 Å². The lowest BCUT2D eigenvalue weighted by molar-refractivity contribution is 0.112. The summed E-state index contributed by atoms with van der Waals surface area (Å²) in [5.41, 5.74) is 1.40. The van der Waals surface area contributed by atoms with Crippen molar-refractivity contribution in [3.8, 4) is 0 Å². The van der Waals surface area contributed by atoms with Gasteiger partial charge in [-0.3, -0.25) is 4.79 Å². The van der Waals surface area contributed by atoms with Gasteiger partial charge < -0.3 is 4.90 Å². The van der Waals surface area contributed by atoms with E-state index in [0.29, 0.717) is 11.5 Å². The molecule has 100 valence electrons. The molecule has 0 spiro atoms. The Hall–Kier alpha value is -1.75. The van der Waals surface area contributed by atoms with E-state index in [1.807, 2.05) is 0 Å². The van der Waals surface area contributed by atoms with Gasteiger partial charge in [-0.1, -0.05) is 6.92 Å². The maximum Gasteiger partial charge on any atom is 0.156 e. The van der Waals surface area contributed by atoms with Crippen LogP contribution in [0.3, 0.4) is 0 Å². The summed E-state index contributed by atoms with van der Waals surface area (Å²) in [5, 5.41) is 4.54. The van der Waals surface area contributed by atoms with Crippen molar-refractivity contribution < 1.29 is 4.79 Å². The Morgan fingerprint density at radius 3 is 3.21 bits per heavy atom. The van der Waals surface area contributed by atoms with Gasteiger partial charge in [0, 0.05) is 24.2 Å². The second-order valence-electron chi connectivity index (χ2n) is 5.08. The van der Waals surface area contributed by atoms with E-state index in [0.717, 1.165) is 37.3 Å². The number of pyridine rings is 1. The lowest BCUT2D eigenvalue weighted by Gasteiger charge is -2.30. The average molecular weight is 258 g/mol. The standard InChI is InChI=1S/C14H18N4O/c1-2-17-6-3-4-12(9-17)14-15-13-8-11(10-19)5-7-18(13)16-14/h5,7-8,10,12H,2-4,6,9H2,1H3. The second-order valence-corrected chi connectivity index (χ2v) is 5.08. The monoisotopic (exact) mass is 258 g/mol. The minimum atomic E-state index is 0.410. The average Bonchev–Trinajstić information content (AvgIpc) is 2.90. The summed E-state index contributed by atoms with van der Waals surface area (Å²) in [7, 11) is 0. The maximum atomic E-state index is 10.8. The van der Waals surface area contributed by atoms with Gasteiger partial charge in [-0.15, -0.1) is 0 Å². The van der Waals surface area contributed by atoms with Crippen molar-refractivity contribution in [3.05, 3.63) is 29.7 Å². The van der Waals surface area contributed by atoms with Crippen molar-refractivity contribution in [3.63, 3.8) is 0 Å². The minimum absolute atomic E-state index is 0.410. The molecule has 19 heavy (non-hydrogen) atoms. The highest BCUT2D eigenvalue weighted by Crippen LogP contribution is 2.24. The van der Waals surface area contributed by atoms with Crippen LogP contribution < -0.4 is 0 Å². The van der Waals surface area contributed by atoms with Crippen molar-refractivity contribution in [1.29, 1.82) is 0 Å². The summed E-state index contributed by atoms with van der Waals surface area (Å²) in [6.07, 6.45) is 4.99. The van der Waals surface area contributed by atoms with Crippen molar-refractivity contribution in [2.45, 2.75) is 25.7 Å². The van der Waals surface area contributed by atoms with Crippen molar-refractivity contribution >= 4 is 11.9 Å². The first kappa shape index (κ1) is 12.3. The molecule has 1 atom stereocenters. The SMILES string of the molecule is CCN1CCCC(c2nc3cc(C=O)ccn3n2)C1. The molecule has 2 aromatic rings. The van der Waals surface area contributed by atoms with E-state index in [9.17, 15) is 4.79 Å². The fourth-order valence-corrected chi connectivity index (χ4v) is 2.71. The summed E-state index contributed by atoms with van der Waals surface area (Å²) in [6, 6.07) is 3.54. The van der Waals surface area contributed by atoms with Crippen molar-refractivity contribution in [2.24, 2.45) is 0 Å². The van der Waals surface area contributed by atoms with E-state index >= 15 is 0 Å². The molecular weight excluding hydrogens is 240 g/mol. The lowest BCUT2D eigenvalue weighted by atomic mass is 9.97. The Kier molecular flexibility index (Phi) is 3.29. The number of aromatic nitrogens is 3. The highest BCUT2D eigenvalue weighted by atomic mass is 16.1. The number of carbonyl (C=O) groups is 1. The topological polar surface area (TPSA) is 50.5 Å². The number of aldehydes is 1. The van der Waals surface area contributed by atoms with Crippen molar-refractivity contribution in [2.75, 3.05) is 19.6 Å². The van der Waals surface area contributed by atoms with Crippen LogP contribution in [0.2, 0.25) is 0 Å². The molecule has 5 heteroatoms. The summed E-state index contributed by atoms with van der Waals surface area (Å²) < 4.78 is 1.76. The zero-order valence-electron chi connectivity index (χ0n) is 11.1. The Bertz CT molecular complexity index is 592. The summed E-state index contributed by atoms with van der Waals surface area (Å²) in [6.45, 7) is 5.48. The molecule has 0 amide bonds. The largest absolute Gasteiger partial charge is 0.303 e. The van der Waals surface area contributed by atoms with Crippen LogP contribution in [0.25, 0.3) is 5.65 Å². The Morgan fingerprint density at radius 1 is 1.53 bits per heavy atom. The molecule has 1 fully saturated rings. The van der Waals surface area contributed by atoms with Gasteiger partial charge in [0.1, 0.15) is 6.29 Å². The van der Waals surface area contributed by atoms with Crippen LogP contribution in [-0.4, -0.2) is 45.4 Å². The first-order valence-electron chi connectivity index (χ1n) is 6.84. The first-order valence-corrected chi connectivity index (χ1v) is 6.84. The minimum Gasteiger partial charge on any atom is -0.303 e. The summed E-state index contributed by atoms with van der Waals surface area (Å²) >= 11 is 0. The normalized spacial score (nSPS) is 20.8. The van der Waals surface area contributed by atoms with Gasteiger partial charge in [-0.2, -0.15) is 5.10 Å². The molecule has 1 unspecified atom stereocenters. The highest BCUT2D eigenvalue weighted by molar-refractivity contribution is 5.76. The molecule has 0 radical (unpaired) electrons. The lowest BCUT2D eigenvalue weighted by Crippen LogP contribution is -2.34. The third-order valence-corrected chi connectivity index (χ3v) is 3.83. The van der Waals surface area contributed by atoms with Crippen LogP contribution in [-0.2, 0) is 0 Å². The molecular formula is C14H18N4O. The summed E-state index contributed by atoms with van der Waals surface area (Å²) in [4.78, 5) is 17.8. The van der Waals surface area contributed by atoms with E-state index in [-0.39, 0.29) is 0 Å². The number of likely N-dealkylation sites (N-methyl/N-ethyl adjacent to an activating group) is 1. The number of carbonyl (C=O) groups excluding carboxylic acids is 1. The van der Waals surface area contributed by atoms with E-state index in [4.69, 9.17) is 0 Å². The molecule has 1 aliphatic rings. The predicted octanol–water partition coefficient (Wildman–Crippen LogP) is 1.74. The molecule has 3 rings (SSSR count). The Balaban J connectivity index is 1.90. The quantitative estimate of drug-likeness (QED) is 0.787. The molecule has 1 saturated heterocycles. The van der Waals surface area contributed by atoms with Crippen LogP contribution in [0.4, 0.5) is 0 Å². The van der Waals surface area contributed by atoms with E-state index in [2.05, 4.69) is 21.9 Å². The molecule has 2 aromatic heterocycles. The number of hydrogen-bond acceptors (Lipinski definition) is 4. The Labute approximate surface area is 112 Å². The van der Waals surface area contributed by atoms with Crippen LogP contribution in [0.15, 0.2) is 18.3 Å². The summed E-state index contributed by atoms with van der Waals surface area (Å²) in [5.74, 6) is 1.31. The van der Waals surface area contributed by atoms with Gasteiger partial charge >= 0.3 is 0 Å². The molecule has 0 bridgehead atoms. The first-order chi connectivity index (χ1) is 9.30. The predicted molar refractivity (Wildman–Crippen MR) is 72.5 cm³/mol. The van der Waals surface area contributed by atoms with Gasteiger partial charge in [0.05, 0.1) is 0 Å². The van der Waals surface area contributed by atoms with Gasteiger partial charge in [-0.05, 0) is 38.1 Å². The van der Waals surface area contributed by atoms with Gasteiger partial charge in [0.15, 0.2) is 11.5 Å². The van der Waals surface area contributed by atoms with Gasteiger partial charge in [0.2, 0.25) is 0 Å². The van der Waals surface area contributed by atoms with E-state index in [1.165, 1.54) is 13.0 Å². The molecule has 0 aliphatic carbocycles. The van der Waals surface area contributed by atoms with Crippen molar-refractivity contribution in [1.82, 2.24) is 19.5 Å². The van der Waals surface area contributed by atoms with Crippen LogP contribution in [0.5, 0.6) is 0 Å². The van der Waals surface area contributed by atoms with Crippen LogP contribution >= 0.6 is 0 Å². The highest BCUT2D eigenvalue weighted by Gasteiger charge is 2.23. The number of rotatable bonds is 3. The van der Waals surface area contributed by atoms with Gasteiger partial charge in [-0.25, -0.2) is 9.50 Å². The van der Waals surface area contributed by atoms with E-state index < -0.39 is 0 Å². The zero-order valence-corrected chi connectivity index (χ0v) is 11.1. The maximum absolute atomic E-state index is 10.8. The zero-order chi connectivity index (χ0) is 13.2. The molecule has 3 heterocycles. The number of piperidine rings is 1. The fourth-order valence-electron chi connectivity index (χ4n) is 2.71. The molecule has 0 aromatic carbocycles. The fraction of sp³-hybridized carbons (Fsp3) is 0.500. The molecule has 1 aliphatic heterocycles. The number of hydrogen-bond donors (Lipinski definition) is 0. The third kappa shape index (κ3) is 2.38. The molecule has 0 saturated carbocycles. The van der Waals surface area contributed by atoms with Gasteiger partial charge in [0.25, 0.3) is 0 Å². The van der Waals surface area contributed by atoms with Crippen LogP contribution in [0.1, 0.15) is 41.9 Å². The second kappa shape index (κ2) is 5.09. The number of likely N-dealkylation sites (tertiary alicyclic amines) is 1. The van der Waals surface area contributed by atoms with Crippen LogP contribution in [0, 0.1) is 0 Å². The third-order valence-electron chi connectivity index (χ3n) is 3.83. The number of nitrogens with zero attached hydrogens (tertiary/aromatic N) is 4. The smallest absolute Gasteiger partial charge is 0.156 e. The number of fused-ring (bicyclic) bond motifs is 1.